The number of carbonyl (C=O) groups is 1. The highest BCUT2D eigenvalue weighted by molar-refractivity contribution is 8.04. The average molecular weight is 191 g/mol. The fraction of sp³-hybridized carbons (Fsp3) is 0.875. The summed E-state index contributed by atoms with van der Waals surface area (Å²) in [4.78, 5) is 10.3. The summed E-state index contributed by atoms with van der Waals surface area (Å²) in [5, 5.41) is 9.81. The second-order valence-electron chi connectivity index (χ2n) is 3.31. The molecular weight excluding hydrogens is 176 g/mol. The first-order valence-corrected chi connectivity index (χ1v) is 5.72. The summed E-state index contributed by atoms with van der Waals surface area (Å²) in [6, 6.07) is 0. The Morgan fingerprint density at radius 1 is 1.83 bits per heavy atom. The van der Waals surface area contributed by atoms with E-state index in [1.165, 1.54) is 7.11 Å². The Kier molecular flexibility index (Phi) is 2.68. The highest BCUT2D eigenvalue weighted by atomic mass is 32.2. The molecule has 0 aliphatic carbocycles. The molecule has 3 atom stereocenters. The van der Waals surface area contributed by atoms with Crippen molar-refractivity contribution >= 4 is 16.9 Å². The van der Waals surface area contributed by atoms with Gasteiger partial charge in [0.05, 0.1) is 13.5 Å². The third-order valence-electron chi connectivity index (χ3n) is 2.41. The molecule has 1 N–H and O–H groups in total. The van der Waals surface area contributed by atoms with E-state index >= 15 is 0 Å². The molecule has 0 radical (unpaired) electrons. The van der Waals surface area contributed by atoms with Gasteiger partial charge in [-0.15, -0.1) is 0 Å². The fourth-order valence-corrected chi connectivity index (χ4v) is 3.23. The normalized spacial score (nSPS) is 35.8. The van der Waals surface area contributed by atoms with Crippen molar-refractivity contribution in [2.45, 2.75) is 18.3 Å². The number of methoxy groups -OCH3 is 1. The molecule has 0 amide bonds. The van der Waals surface area contributed by atoms with Crippen LogP contribution >= 0.6 is 0 Å². The summed E-state index contributed by atoms with van der Waals surface area (Å²) >= 11 is 0. The number of hydrogen-bond acceptors (Lipinski definition) is 3. The van der Waals surface area contributed by atoms with Gasteiger partial charge in [0.15, 0.2) is 5.75 Å². The fourth-order valence-electron chi connectivity index (χ4n) is 1.26. The van der Waals surface area contributed by atoms with Gasteiger partial charge in [-0.1, -0.05) is 6.92 Å². The molecule has 0 saturated carbocycles. The molecule has 4 heteroatoms. The lowest BCUT2D eigenvalue weighted by atomic mass is 10.0. The summed E-state index contributed by atoms with van der Waals surface area (Å²) in [5.41, 5.74) is 0. The summed E-state index contributed by atoms with van der Waals surface area (Å²) in [5.74, 6) is 0.628. The third-order valence-corrected chi connectivity index (χ3v) is 4.69. The van der Waals surface area contributed by atoms with Crippen LogP contribution < -0.4 is 0 Å². The van der Waals surface area contributed by atoms with Crippen LogP contribution in [0.1, 0.15) is 13.3 Å². The zero-order valence-electron chi connectivity index (χ0n) is 7.66. The van der Waals surface area contributed by atoms with Crippen molar-refractivity contribution in [1.82, 2.24) is 0 Å². The molecule has 1 heterocycles. The van der Waals surface area contributed by atoms with Gasteiger partial charge in [-0.05, 0) is 0 Å². The van der Waals surface area contributed by atoms with Gasteiger partial charge in [-0.2, -0.15) is 0 Å². The van der Waals surface area contributed by atoms with Crippen molar-refractivity contribution < 1.29 is 14.6 Å². The largest absolute Gasteiger partial charge is 0.469 e. The van der Waals surface area contributed by atoms with Crippen LogP contribution in [0.4, 0.5) is 0 Å². The monoisotopic (exact) mass is 191 g/mol. The molecule has 1 rings (SSSR count). The Morgan fingerprint density at radius 2 is 2.33 bits per heavy atom. The van der Waals surface area contributed by atoms with E-state index in [9.17, 15) is 9.90 Å². The summed E-state index contributed by atoms with van der Waals surface area (Å²) in [6.07, 6.45) is 2.35. The second-order valence-corrected chi connectivity index (χ2v) is 5.58. The number of ether oxygens (including phenoxy) is 1. The van der Waals surface area contributed by atoms with Crippen molar-refractivity contribution in [1.29, 1.82) is 0 Å². The zero-order valence-corrected chi connectivity index (χ0v) is 8.48. The van der Waals surface area contributed by atoms with E-state index in [0.717, 1.165) is 5.75 Å². The summed E-state index contributed by atoms with van der Waals surface area (Å²) in [7, 11) is 1.46. The highest BCUT2D eigenvalue weighted by Gasteiger charge is 2.66. The molecule has 0 spiro atoms. The molecule has 1 aliphatic heterocycles. The lowest BCUT2D eigenvalue weighted by Crippen LogP contribution is -2.25. The first-order chi connectivity index (χ1) is 5.50. The minimum Gasteiger partial charge on any atom is -0.469 e. The predicted molar refractivity (Wildman–Crippen MR) is 48.9 cm³/mol. The van der Waals surface area contributed by atoms with Crippen molar-refractivity contribution in [3.8, 4) is 0 Å². The van der Waals surface area contributed by atoms with Crippen molar-refractivity contribution in [3.05, 3.63) is 0 Å². The molecule has 3 nitrogen and oxygen atoms in total. The first kappa shape index (κ1) is 9.86. The maximum Gasteiger partial charge on any atom is 0.306 e. The minimum absolute atomic E-state index is 0.0262. The summed E-state index contributed by atoms with van der Waals surface area (Å²) < 4.78 is 4.53. The van der Waals surface area contributed by atoms with Crippen LogP contribution in [0.3, 0.4) is 0 Å². The Labute approximate surface area is 75.4 Å². The smallest absolute Gasteiger partial charge is 0.306 e. The Hall–Kier alpha value is -0.220. The number of carbonyl (C=O) groups excluding carboxylic acids is 1. The molecule has 3 unspecified atom stereocenters. The van der Waals surface area contributed by atoms with Gasteiger partial charge in [-0.25, -0.2) is 0 Å². The van der Waals surface area contributed by atoms with E-state index in [2.05, 4.69) is 4.74 Å². The van der Waals surface area contributed by atoms with E-state index < -0.39 is 4.93 Å². The highest BCUT2D eigenvalue weighted by Crippen LogP contribution is 2.42. The van der Waals surface area contributed by atoms with Gasteiger partial charge in [0, 0.05) is 16.8 Å². The van der Waals surface area contributed by atoms with Gasteiger partial charge in [0.2, 0.25) is 0 Å². The van der Waals surface area contributed by atoms with Crippen LogP contribution in [0.5, 0.6) is 0 Å². The molecule has 0 aromatic carbocycles. The Bertz CT molecular complexity index is 195. The molecule has 1 fully saturated rings. The lowest BCUT2D eigenvalue weighted by molar-refractivity contribution is -0.142. The van der Waals surface area contributed by atoms with Gasteiger partial charge in [0.25, 0.3) is 4.93 Å². The van der Waals surface area contributed by atoms with Crippen LogP contribution in [0.2, 0.25) is 0 Å². The zero-order chi connectivity index (χ0) is 9.35. The van der Waals surface area contributed by atoms with Crippen LogP contribution in [0.25, 0.3) is 0 Å². The van der Waals surface area contributed by atoms with Crippen molar-refractivity contribution in [2.75, 3.05) is 19.1 Å². The maximum absolute atomic E-state index is 10.9. The van der Waals surface area contributed by atoms with Gasteiger partial charge in [-0.3, -0.25) is 4.79 Å². The SMILES string of the molecule is COC(=O)CC(C)C1(O)C[S+]1C. The Morgan fingerprint density at radius 3 is 2.67 bits per heavy atom. The lowest BCUT2D eigenvalue weighted by Gasteiger charge is -2.09. The standard InChI is InChI=1S/C8H15O3S/c1-6(4-7(9)11-2)8(10)5-12(8)3/h6,10H,4-5H2,1-3H3/q+1. The Balaban J connectivity index is 2.39. The first-order valence-electron chi connectivity index (χ1n) is 3.92. The minimum atomic E-state index is -0.575. The molecule has 1 saturated heterocycles. The van der Waals surface area contributed by atoms with Crippen molar-refractivity contribution in [3.63, 3.8) is 0 Å². The number of esters is 1. The topological polar surface area (TPSA) is 46.5 Å². The van der Waals surface area contributed by atoms with Crippen LogP contribution in [0.15, 0.2) is 0 Å². The van der Waals surface area contributed by atoms with Crippen LogP contribution in [0, 0.1) is 5.92 Å². The van der Waals surface area contributed by atoms with E-state index in [1.807, 2.05) is 13.2 Å². The van der Waals surface area contributed by atoms with Crippen LogP contribution in [-0.2, 0) is 20.4 Å². The number of aliphatic hydroxyl groups is 1. The maximum atomic E-state index is 10.9. The molecule has 70 valence electrons. The quantitative estimate of drug-likeness (QED) is 0.392. The van der Waals surface area contributed by atoms with E-state index in [4.69, 9.17) is 0 Å². The molecule has 1 aliphatic rings. The van der Waals surface area contributed by atoms with E-state index in [-0.39, 0.29) is 22.8 Å². The van der Waals surface area contributed by atoms with Crippen LogP contribution in [-0.4, -0.2) is 35.1 Å². The molecule has 12 heavy (non-hydrogen) atoms. The predicted octanol–water partition coefficient (Wildman–Crippen LogP) is 0.136. The van der Waals surface area contributed by atoms with Gasteiger partial charge < -0.3 is 9.84 Å². The van der Waals surface area contributed by atoms with E-state index in [1.54, 1.807) is 0 Å². The van der Waals surface area contributed by atoms with Gasteiger partial charge in [0.1, 0.15) is 6.26 Å². The van der Waals surface area contributed by atoms with Gasteiger partial charge >= 0.3 is 5.97 Å². The third kappa shape index (κ3) is 1.75. The average Bonchev–Trinajstić information content (AvgIpc) is 2.61. The molecule has 0 aromatic heterocycles. The number of hydrogen-bond donors (Lipinski definition) is 1. The molecular formula is C8H15O3S+. The molecule has 0 aromatic rings. The summed E-state index contributed by atoms with van der Waals surface area (Å²) in [6.45, 7) is 1.90. The van der Waals surface area contributed by atoms with E-state index in [0.29, 0.717) is 6.42 Å². The second kappa shape index (κ2) is 3.26. The molecule has 0 bridgehead atoms. The number of rotatable bonds is 3. The van der Waals surface area contributed by atoms with Crippen molar-refractivity contribution in [2.24, 2.45) is 5.92 Å².